The maximum Gasteiger partial charge on any atom is 0.412 e. The van der Waals surface area contributed by atoms with Crippen LogP contribution in [-0.2, 0) is 11.2 Å². The Hall–Kier alpha value is -2.73. The van der Waals surface area contributed by atoms with Crippen LogP contribution in [0, 0.1) is 0 Å². The number of benzene rings is 2. The van der Waals surface area contributed by atoms with Gasteiger partial charge in [0.05, 0.1) is 20.3 Å². The van der Waals surface area contributed by atoms with E-state index in [0.29, 0.717) is 30.0 Å². The number of hydrogen-bond acceptors (Lipinski definition) is 5. The van der Waals surface area contributed by atoms with Crippen LogP contribution in [0.2, 0.25) is 0 Å². The second kappa shape index (κ2) is 9.46. The van der Waals surface area contributed by atoms with E-state index in [1.807, 2.05) is 24.3 Å². The Balaban J connectivity index is 1.99. The van der Waals surface area contributed by atoms with Crippen molar-refractivity contribution < 1.29 is 24.1 Å². The highest BCUT2D eigenvalue weighted by atomic mass is 16.6. The van der Waals surface area contributed by atoms with Gasteiger partial charge in [-0.25, -0.2) is 4.79 Å². The lowest BCUT2D eigenvalue weighted by atomic mass is 10.0. The maximum absolute atomic E-state index is 11.9. The monoisotopic (exact) mass is 387 g/mol. The first kappa shape index (κ1) is 21.6. The van der Waals surface area contributed by atoms with E-state index in [9.17, 15) is 9.90 Å². The molecule has 2 N–H and O–H groups in total. The van der Waals surface area contributed by atoms with Crippen molar-refractivity contribution in [3.8, 4) is 11.5 Å². The number of ether oxygens (including phenoxy) is 3. The Labute approximate surface area is 166 Å². The molecule has 6 heteroatoms. The highest BCUT2D eigenvalue weighted by Crippen LogP contribution is 2.29. The van der Waals surface area contributed by atoms with Gasteiger partial charge in [0.1, 0.15) is 5.60 Å². The third kappa shape index (κ3) is 6.46. The van der Waals surface area contributed by atoms with Crippen LogP contribution in [0.3, 0.4) is 0 Å². The van der Waals surface area contributed by atoms with Crippen molar-refractivity contribution in [3.05, 3.63) is 53.6 Å². The van der Waals surface area contributed by atoms with Gasteiger partial charge < -0.3 is 19.3 Å². The minimum Gasteiger partial charge on any atom is -0.493 e. The Morgan fingerprint density at radius 1 is 1.07 bits per heavy atom. The molecular formula is C22H29NO5. The number of anilines is 1. The molecule has 0 spiro atoms. The first-order valence-electron chi connectivity index (χ1n) is 9.21. The molecule has 28 heavy (non-hydrogen) atoms. The number of aryl methyl sites for hydroxylation is 1. The Morgan fingerprint density at radius 3 is 2.43 bits per heavy atom. The first-order valence-corrected chi connectivity index (χ1v) is 9.21. The lowest BCUT2D eigenvalue weighted by Crippen LogP contribution is -2.27. The van der Waals surface area contributed by atoms with Crippen molar-refractivity contribution in [3.63, 3.8) is 0 Å². The smallest absolute Gasteiger partial charge is 0.412 e. The summed E-state index contributed by atoms with van der Waals surface area (Å²) in [6.07, 6.45) is 0.0225. The summed E-state index contributed by atoms with van der Waals surface area (Å²) < 4.78 is 15.8. The number of methoxy groups -OCH3 is 2. The molecule has 0 aliphatic heterocycles. The molecule has 2 rings (SSSR count). The standard InChI is InChI=1S/C22H29NO5/c1-22(2,3)28-21(25)23-17-8-6-7-16(14-17)18(24)11-9-15-10-12-19(26-4)20(13-15)27-5/h6-8,10,12-14,18,24H,9,11H2,1-5H3,(H,23,25)/t18-/m1/s1. The van der Waals surface area contributed by atoms with Crippen molar-refractivity contribution in [1.29, 1.82) is 0 Å². The van der Waals surface area contributed by atoms with Gasteiger partial charge in [0, 0.05) is 5.69 Å². The van der Waals surface area contributed by atoms with Crippen LogP contribution in [-0.4, -0.2) is 31.0 Å². The third-order valence-electron chi connectivity index (χ3n) is 4.07. The fourth-order valence-corrected chi connectivity index (χ4v) is 2.75. The van der Waals surface area contributed by atoms with Crippen LogP contribution in [0.5, 0.6) is 11.5 Å². The predicted octanol–water partition coefficient (Wildman–Crippen LogP) is 4.72. The summed E-state index contributed by atoms with van der Waals surface area (Å²) in [6.45, 7) is 5.42. The molecule has 0 aliphatic rings. The van der Waals surface area contributed by atoms with Crippen LogP contribution in [0.1, 0.15) is 44.4 Å². The van der Waals surface area contributed by atoms with Crippen LogP contribution in [0.4, 0.5) is 10.5 Å². The van der Waals surface area contributed by atoms with Gasteiger partial charge in [-0.2, -0.15) is 0 Å². The fourth-order valence-electron chi connectivity index (χ4n) is 2.75. The highest BCUT2D eigenvalue weighted by molar-refractivity contribution is 5.84. The number of amides is 1. The Kier molecular flexibility index (Phi) is 7.29. The molecule has 0 bridgehead atoms. The summed E-state index contributed by atoms with van der Waals surface area (Å²) >= 11 is 0. The number of aliphatic hydroxyl groups is 1. The van der Waals surface area contributed by atoms with Crippen molar-refractivity contribution in [2.45, 2.75) is 45.3 Å². The molecule has 2 aromatic carbocycles. The van der Waals surface area contributed by atoms with E-state index in [-0.39, 0.29) is 0 Å². The van der Waals surface area contributed by atoms with Crippen molar-refractivity contribution in [2.75, 3.05) is 19.5 Å². The lowest BCUT2D eigenvalue weighted by molar-refractivity contribution is 0.0636. The van der Waals surface area contributed by atoms with E-state index in [4.69, 9.17) is 14.2 Å². The zero-order valence-corrected chi connectivity index (χ0v) is 17.1. The molecular weight excluding hydrogens is 358 g/mol. The molecule has 6 nitrogen and oxygen atoms in total. The molecule has 1 amide bonds. The van der Waals surface area contributed by atoms with Crippen molar-refractivity contribution in [2.24, 2.45) is 0 Å². The minimum atomic E-state index is -0.659. The quantitative estimate of drug-likeness (QED) is 0.719. The van der Waals surface area contributed by atoms with Crippen molar-refractivity contribution >= 4 is 11.8 Å². The molecule has 0 heterocycles. The SMILES string of the molecule is COc1ccc(CC[C@@H](O)c2cccc(NC(=O)OC(C)(C)C)c2)cc1OC. The number of nitrogens with one attached hydrogen (secondary N) is 1. The molecule has 2 aromatic rings. The summed E-state index contributed by atoms with van der Waals surface area (Å²) in [6, 6.07) is 12.9. The normalized spacial score (nSPS) is 12.2. The van der Waals surface area contributed by atoms with Gasteiger partial charge in [-0.1, -0.05) is 18.2 Å². The largest absolute Gasteiger partial charge is 0.493 e. The molecule has 0 radical (unpaired) electrons. The lowest BCUT2D eigenvalue weighted by Gasteiger charge is -2.20. The van der Waals surface area contributed by atoms with Crippen molar-refractivity contribution in [1.82, 2.24) is 0 Å². The third-order valence-corrected chi connectivity index (χ3v) is 4.07. The zero-order valence-electron chi connectivity index (χ0n) is 17.1. The van der Waals surface area contributed by atoms with Gasteiger partial charge in [0.25, 0.3) is 0 Å². The van der Waals surface area contributed by atoms with E-state index >= 15 is 0 Å². The second-order valence-electron chi connectivity index (χ2n) is 7.50. The van der Waals surface area contributed by atoms with E-state index < -0.39 is 17.8 Å². The predicted molar refractivity (Wildman–Crippen MR) is 109 cm³/mol. The van der Waals surface area contributed by atoms with E-state index in [0.717, 1.165) is 11.1 Å². The summed E-state index contributed by atoms with van der Waals surface area (Å²) in [4.78, 5) is 11.9. The highest BCUT2D eigenvalue weighted by Gasteiger charge is 2.17. The summed E-state index contributed by atoms with van der Waals surface area (Å²) in [5, 5.41) is 13.2. The van der Waals surface area contributed by atoms with E-state index in [2.05, 4.69) is 5.32 Å². The zero-order chi connectivity index (χ0) is 20.7. The topological polar surface area (TPSA) is 77.0 Å². The van der Waals surface area contributed by atoms with E-state index in [1.54, 1.807) is 53.2 Å². The number of carbonyl (C=O) groups excluding carboxylic acids is 1. The van der Waals surface area contributed by atoms with Gasteiger partial charge in [-0.15, -0.1) is 0 Å². The average Bonchev–Trinajstić information content (AvgIpc) is 2.64. The summed E-state index contributed by atoms with van der Waals surface area (Å²) in [5.74, 6) is 1.34. The molecule has 1 atom stereocenters. The van der Waals surface area contributed by atoms with Crippen LogP contribution in [0.15, 0.2) is 42.5 Å². The molecule has 0 fully saturated rings. The minimum absolute atomic E-state index is 0.524. The fraction of sp³-hybridized carbons (Fsp3) is 0.409. The average molecular weight is 387 g/mol. The molecule has 0 saturated heterocycles. The van der Waals surface area contributed by atoms with Gasteiger partial charge >= 0.3 is 6.09 Å². The van der Waals surface area contributed by atoms with Crippen LogP contribution < -0.4 is 14.8 Å². The van der Waals surface area contributed by atoms with E-state index in [1.165, 1.54) is 0 Å². The Morgan fingerprint density at radius 2 is 1.79 bits per heavy atom. The van der Waals surface area contributed by atoms with Gasteiger partial charge in [0.2, 0.25) is 0 Å². The number of aliphatic hydroxyl groups excluding tert-OH is 1. The molecule has 0 unspecified atom stereocenters. The maximum atomic E-state index is 11.9. The summed E-state index contributed by atoms with van der Waals surface area (Å²) in [5.41, 5.74) is 1.78. The summed E-state index contributed by atoms with van der Waals surface area (Å²) in [7, 11) is 3.19. The first-order chi connectivity index (χ1) is 13.2. The molecule has 0 aliphatic carbocycles. The van der Waals surface area contributed by atoms with Gasteiger partial charge in [-0.05, 0) is 69.0 Å². The van der Waals surface area contributed by atoms with Gasteiger partial charge in [0.15, 0.2) is 11.5 Å². The second-order valence-corrected chi connectivity index (χ2v) is 7.50. The Bertz CT molecular complexity index is 798. The van der Waals surface area contributed by atoms with Crippen LogP contribution >= 0.6 is 0 Å². The van der Waals surface area contributed by atoms with Crippen LogP contribution in [0.25, 0.3) is 0 Å². The van der Waals surface area contributed by atoms with Gasteiger partial charge in [-0.3, -0.25) is 5.32 Å². The number of carbonyl (C=O) groups is 1. The number of hydrogen-bond donors (Lipinski definition) is 2. The molecule has 0 saturated carbocycles. The molecule has 152 valence electrons. The molecule has 0 aromatic heterocycles. The number of rotatable bonds is 7.